The summed E-state index contributed by atoms with van der Waals surface area (Å²) >= 11 is 1.70. The van der Waals surface area contributed by atoms with Crippen molar-refractivity contribution in [2.45, 2.75) is 51.2 Å². The van der Waals surface area contributed by atoms with Crippen LogP contribution in [0.3, 0.4) is 0 Å². The van der Waals surface area contributed by atoms with Crippen LogP contribution < -0.4 is 5.32 Å². The van der Waals surface area contributed by atoms with Crippen LogP contribution in [0.15, 0.2) is 16.8 Å². The minimum Gasteiger partial charge on any atom is -0.321 e. The van der Waals surface area contributed by atoms with Crippen LogP contribution in [0.4, 0.5) is 0 Å². The second-order valence-electron chi connectivity index (χ2n) is 6.02. The second kappa shape index (κ2) is 4.91. The number of thiophene rings is 1. The Hall–Kier alpha value is -0.870. The molecule has 104 valence electrons. The lowest BCUT2D eigenvalue weighted by molar-refractivity contribution is -0.133. The van der Waals surface area contributed by atoms with Gasteiger partial charge in [-0.1, -0.05) is 19.8 Å². The molecule has 3 nitrogen and oxygen atoms in total. The second-order valence-corrected chi connectivity index (χ2v) is 6.80. The van der Waals surface area contributed by atoms with Crippen molar-refractivity contribution in [3.8, 4) is 0 Å². The summed E-state index contributed by atoms with van der Waals surface area (Å²) in [7, 11) is 0. The Morgan fingerprint density at radius 1 is 1.53 bits per heavy atom. The van der Waals surface area contributed by atoms with Gasteiger partial charge in [0.15, 0.2) is 0 Å². The lowest BCUT2D eigenvalue weighted by atomic mass is 9.99. The summed E-state index contributed by atoms with van der Waals surface area (Å²) < 4.78 is 0. The molecule has 0 spiro atoms. The summed E-state index contributed by atoms with van der Waals surface area (Å²) in [4.78, 5) is 14.7. The molecule has 1 saturated heterocycles. The Labute approximate surface area is 119 Å². The van der Waals surface area contributed by atoms with Gasteiger partial charge in [0.25, 0.3) is 0 Å². The van der Waals surface area contributed by atoms with E-state index in [-0.39, 0.29) is 12.1 Å². The average molecular weight is 278 g/mol. The fourth-order valence-electron chi connectivity index (χ4n) is 2.78. The van der Waals surface area contributed by atoms with Crippen molar-refractivity contribution in [3.05, 3.63) is 22.4 Å². The minimum absolute atomic E-state index is 0.0717. The van der Waals surface area contributed by atoms with Crippen LogP contribution in [-0.4, -0.2) is 22.9 Å². The molecule has 2 atom stereocenters. The molecule has 1 aromatic rings. The number of amides is 1. The van der Waals surface area contributed by atoms with Crippen molar-refractivity contribution >= 4 is 17.2 Å². The third-order valence-electron chi connectivity index (χ3n) is 4.54. The van der Waals surface area contributed by atoms with Gasteiger partial charge < -0.3 is 4.90 Å². The zero-order valence-corrected chi connectivity index (χ0v) is 12.5. The first kappa shape index (κ1) is 13.1. The molecule has 0 radical (unpaired) electrons. The van der Waals surface area contributed by atoms with Gasteiger partial charge in [-0.2, -0.15) is 11.3 Å². The van der Waals surface area contributed by atoms with Crippen molar-refractivity contribution in [1.29, 1.82) is 0 Å². The lowest BCUT2D eigenvalue weighted by Gasteiger charge is -2.23. The molecule has 4 heteroatoms. The Morgan fingerprint density at radius 2 is 2.32 bits per heavy atom. The number of nitrogens with zero attached hydrogens (tertiary/aromatic N) is 1. The van der Waals surface area contributed by atoms with E-state index in [1.807, 2.05) is 6.92 Å². The predicted molar refractivity (Wildman–Crippen MR) is 77.9 cm³/mol. The number of hydrogen-bond acceptors (Lipinski definition) is 3. The van der Waals surface area contributed by atoms with E-state index in [0.717, 1.165) is 25.3 Å². The molecule has 2 fully saturated rings. The van der Waals surface area contributed by atoms with Gasteiger partial charge in [-0.05, 0) is 48.1 Å². The Kier molecular flexibility index (Phi) is 3.39. The fraction of sp³-hybridized carbons (Fsp3) is 0.667. The van der Waals surface area contributed by atoms with Crippen LogP contribution in [0.5, 0.6) is 0 Å². The van der Waals surface area contributed by atoms with E-state index in [4.69, 9.17) is 0 Å². The van der Waals surface area contributed by atoms with Crippen molar-refractivity contribution < 1.29 is 4.79 Å². The van der Waals surface area contributed by atoms with E-state index in [1.165, 1.54) is 18.4 Å². The van der Waals surface area contributed by atoms with Crippen LogP contribution in [0, 0.1) is 5.92 Å². The van der Waals surface area contributed by atoms with E-state index < -0.39 is 5.54 Å². The van der Waals surface area contributed by atoms with Crippen LogP contribution in [-0.2, 0) is 4.79 Å². The summed E-state index contributed by atoms with van der Waals surface area (Å²) in [6, 6.07) is 2.13. The molecule has 1 aliphatic carbocycles. The molecule has 1 aliphatic heterocycles. The summed E-state index contributed by atoms with van der Waals surface area (Å²) in [6.07, 6.45) is 4.77. The predicted octanol–water partition coefficient (Wildman–Crippen LogP) is 3.15. The van der Waals surface area contributed by atoms with Gasteiger partial charge in [0.2, 0.25) is 5.91 Å². The Bertz CT molecular complexity index is 455. The number of carbonyl (C=O) groups excluding carboxylic acids is 1. The zero-order valence-electron chi connectivity index (χ0n) is 11.7. The third kappa shape index (κ3) is 2.43. The van der Waals surface area contributed by atoms with E-state index in [9.17, 15) is 4.79 Å². The van der Waals surface area contributed by atoms with Gasteiger partial charge in [-0.25, -0.2) is 0 Å². The number of nitrogens with one attached hydrogen (secondary N) is 1. The van der Waals surface area contributed by atoms with Crippen molar-refractivity contribution in [2.24, 2.45) is 5.92 Å². The monoisotopic (exact) mass is 278 g/mol. The highest BCUT2D eigenvalue weighted by molar-refractivity contribution is 7.07. The summed E-state index contributed by atoms with van der Waals surface area (Å²) in [5.74, 6) is 1.14. The van der Waals surface area contributed by atoms with Crippen molar-refractivity contribution in [3.63, 3.8) is 0 Å². The molecular formula is C15H22N2OS. The average Bonchev–Trinajstić information content (AvgIpc) is 3.00. The van der Waals surface area contributed by atoms with Gasteiger partial charge in [0.05, 0.1) is 5.54 Å². The van der Waals surface area contributed by atoms with E-state index in [0.29, 0.717) is 0 Å². The van der Waals surface area contributed by atoms with Crippen molar-refractivity contribution in [2.75, 3.05) is 6.54 Å². The highest BCUT2D eigenvalue weighted by Crippen LogP contribution is 2.37. The normalized spacial score (nSPS) is 31.2. The maximum Gasteiger partial charge on any atom is 0.244 e. The van der Waals surface area contributed by atoms with Crippen LogP contribution in [0.25, 0.3) is 0 Å². The number of hydrogen-bond donors (Lipinski definition) is 1. The molecular weight excluding hydrogens is 256 g/mol. The molecule has 3 rings (SSSR count). The first-order valence-electron chi connectivity index (χ1n) is 7.25. The minimum atomic E-state index is -0.393. The van der Waals surface area contributed by atoms with Gasteiger partial charge in [-0.15, -0.1) is 0 Å². The van der Waals surface area contributed by atoms with E-state index in [2.05, 4.69) is 34.0 Å². The summed E-state index contributed by atoms with van der Waals surface area (Å²) in [5, 5.41) is 7.78. The molecule has 0 aromatic carbocycles. The first-order valence-corrected chi connectivity index (χ1v) is 8.19. The molecule has 1 saturated carbocycles. The van der Waals surface area contributed by atoms with Crippen LogP contribution in [0.2, 0.25) is 0 Å². The molecule has 1 N–H and O–H groups in total. The topological polar surface area (TPSA) is 32.3 Å². The van der Waals surface area contributed by atoms with E-state index >= 15 is 0 Å². The fourth-order valence-corrected chi connectivity index (χ4v) is 3.46. The van der Waals surface area contributed by atoms with Crippen molar-refractivity contribution in [1.82, 2.24) is 10.2 Å². The largest absolute Gasteiger partial charge is 0.321 e. The Balaban J connectivity index is 1.80. The summed E-state index contributed by atoms with van der Waals surface area (Å²) in [5.41, 5.74) is 0.835. The lowest BCUT2D eigenvalue weighted by Crippen LogP contribution is -2.43. The number of rotatable bonds is 5. The maximum absolute atomic E-state index is 12.7. The van der Waals surface area contributed by atoms with Gasteiger partial charge in [-0.3, -0.25) is 10.1 Å². The quantitative estimate of drug-likeness (QED) is 0.897. The van der Waals surface area contributed by atoms with Gasteiger partial charge in [0.1, 0.15) is 6.17 Å². The highest BCUT2D eigenvalue weighted by atomic mass is 32.1. The molecule has 2 aliphatic rings. The van der Waals surface area contributed by atoms with E-state index in [1.54, 1.807) is 11.3 Å². The third-order valence-corrected chi connectivity index (χ3v) is 5.24. The van der Waals surface area contributed by atoms with Crippen LogP contribution >= 0.6 is 11.3 Å². The van der Waals surface area contributed by atoms with Gasteiger partial charge >= 0.3 is 0 Å². The SMILES string of the molecule is CCC1(C)NC(c2ccsc2)N(CCC2CC2)C1=O. The van der Waals surface area contributed by atoms with Crippen LogP contribution in [0.1, 0.15) is 51.3 Å². The Morgan fingerprint density at radius 3 is 2.89 bits per heavy atom. The maximum atomic E-state index is 12.7. The molecule has 1 aromatic heterocycles. The highest BCUT2D eigenvalue weighted by Gasteiger charge is 2.47. The van der Waals surface area contributed by atoms with Gasteiger partial charge in [0, 0.05) is 6.54 Å². The standard InChI is InChI=1S/C15H22N2OS/c1-3-15(2)14(18)17(8-6-11-4-5-11)13(16-15)12-7-9-19-10-12/h7,9-11,13,16H,3-6,8H2,1-2H3. The number of carbonyl (C=O) groups is 1. The molecule has 1 amide bonds. The molecule has 2 heterocycles. The summed E-state index contributed by atoms with van der Waals surface area (Å²) in [6.45, 7) is 5.01. The molecule has 19 heavy (non-hydrogen) atoms. The smallest absolute Gasteiger partial charge is 0.244 e. The molecule has 2 unspecified atom stereocenters. The zero-order chi connectivity index (χ0) is 13.5. The molecule has 0 bridgehead atoms. The first-order chi connectivity index (χ1) is 9.14.